The number of furan rings is 1. The Labute approximate surface area is 155 Å². The van der Waals surface area contributed by atoms with Crippen LogP contribution in [0.3, 0.4) is 0 Å². The average Bonchev–Trinajstić information content (AvgIpc) is 2.97. The van der Waals surface area contributed by atoms with Gasteiger partial charge in [0.25, 0.3) is 15.9 Å². The molecule has 0 unspecified atom stereocenters. The number of aryl methyl sites for hydroxylation is 2. The zero-order valence-electron chi connectivity index (χ0n) is 14.2. The lowest BCUT2D eigenvalue weighted by Gasteiger charge is -2.29. The van der Waals surface area contributed by atoms with E-state index in [9.17, 15) is 13.2 Å². The number of halogens is 1. The molecule has 0 fully saturated rings. The molecule has 134 valence electrons. The van der Waals surface area contributed by atoms with E-state index in [-0.39, 0.29) is 16.6 Å². The van der Waals surface area contributed by atoms with Crippen LogP contribution >= 0.6 is 15.9 Å². The minimum atomic E-state index is -3.72. The maximum absolute atomic E-state index is 12.8. The lowest BCUT2D eigenvalue weighted by molar-refractivity contribution is 0.0733. The van der Waals surface area contributed by atoms with Gasteiger partial charge in [0.05, 0.1) is 5.56 Å². The molecule has 25 heavy (non-hydrogen) atoms. The molecule has 0 aliphatic carbocycles. The number of rotatable bonds is 3. The van der Waals surface area contributed by atoms with Crippen LogP contribution in [0.4, 0.5) is 0 Å². The van der Waals surface area contributed by atoms with Gasteiger partial charge in [0.1, 0.15) is 5.76 Å². The Bertz CT molecular complexity index is 950. The molecule has 0 spiro atoms. The topological polar surface area (TPSA) is 79.6 Å². The largest absolute Gasteiger partial charge is 0.448 e. The van der Waals surface area contributed by atoms with Crippen molar-refractivity contribution in [2.45, 2.75) is 31.9 Å². The van der Waals surface area contributed by atoms with E-state index in [0.717, 1.165) is 16.5 Å². The van der Waals surface area contributed by atoms with Gasteiger partial charge < -0.3 is 9.32 Å². The first kappa shape index (κ1) is 18.2. The minimum absolute atomic E-state index is 0.221. The second-order valence-electron chi connectivity index (χ2n) is 6.09. The van der Waals surface area contributed by atoms with E-state index in [1.54, 1.807) is 11.8 Å². The molecule has 0 bridgehead atoms. The number of hydrogen-bond donors (Lipinski definition) is 1. The third kappa shape index (κ3) is 3.38. The number of carbonyl (C=O) groups is 1. The average molecular weight is 427 g/mol. The molecule has 6 nitrogen and oxygen atoms in total. The van der Waals surface area contributed by atoms with E-state index in [1.807, 2.05) is 13.0 Å². The van der Waals surface area contributed by atoms with Crippen LogP contribution in [0.5, 0.6) is 0 Å². The summed E-state index contributed by atoms with van der Waals surface area (Å²) in [5.74, 6) is 0.0795. The van der Waals surface area contributed by atoms with Gasteiger partial charge in [-0.05, 0) is 50.1 Å². The lowest BCUT2D eigenvalue weighted by Crippen LogP contribution is -2.36. The number of benzene rings is 1. The van der Waals surface area contributed by atoms with Crippen molar-refractivity contribution in [3.05, 3.63) is 50.7 Å². The third-order valence-corrected chi connectivity index (χ3v) is 6.56. The fourth-order valence-corrected chi connectivity index (χ4v) is 4.05. The third-order valence-electron chi connectivity index (χ3n) is 4.44. The highest BCUT2D eigenvalue weighted by Gasteiger charge is 2.28. The van der Waals surface area contributed by atoms with Crippen LogP contribution in [0.1, 0.15) is 32.8 Å². The van der Waals surface area contributed by atoms with Gasteiger partial charge in [0.2, 0.25) is 5.09 Å². The van der Waals surface area contributed by atoms with Crippen molar-refractivity contribution < 1.29 is 17.6 Å². The molecule has 0 saturated heterocycles. The molecular weight excluding hydrogens is 408 g/mol. The Morgan fingerprint density at radius 3 is 2.64 bits per heavy atom. The van der Waals surface area contributed by atoms with E-state index in [0.29, 0.717) is 18.8 Å². The summed E-state index contributed by atoms with van der Waals surface area (Å²) in [5.41, 5.74) is 3.79. The molecule has 2 aromatic rings. The number of fused-ring (bicyclic) bond motifs is 1. The normalized spacial score (nSPS) is 14.5. The first-order valence-electron chi connectivity index (χ1n) is 7.84. The first-order chi connectivity index (χ1) is 11.7. The van der Waals surface area contributed by atoms with Crippen molar-refractivity contribution in [1.29, 1.82) is 0 Å². The summed E-state index contributed by atoms with van der Waals surface area (Å²) in [6.07, 6.45) is 0.772. The molecule has 8 heteroatoms. The number of amides is 1. The molecule has 0 saturated carbocycles. The van der Waals surface area contributed by atoms with Gasteiger partial charge in [0.15, 0.2) is 0 Å². The van der Waals surface area contributed by atoms with E-state index in [4.69, 9.17) is 4.42 Å². The molecule has 3 rings (SSSR count). The van der Waals surface area contributed by atoms with E-state index in [1.165, 1.54) is 24.2 Å². The molecule has 1 aliphatic heterocycles. The van der Waals surface area contributed by atoms with E-state index < -0.39 is 10.0 Å². The van der Waals surface area contributed by atoms with Gasteiger partial charge in [-0.1, -0.05) is 22.0 Å². The first-order valence-corrected chi connectivity index (χ1v) is 10.1. The highest BCUT2D eigenvalue weighted by atomic mass is 79.9. The molecular formula is C17H19BrN2O4S. The molecule has 1 amide bonds. The standard InChI is InChI=1S/C17H19BrN2O4S/c1-10-6-12-4-5-20(9-13(12)7-15(10)18)17(21)14-8-16(24-11(14)2)25(22,23)19-3/h6-8,19H,4-5,9H2,1-3H3. The molecule has 1 aromatic heterocycles. The van der Waals surface area contributed by atoms with Crippen LogP contribution in [0.2, 0.25) is 0 Å². The van der Waals surface area contributed by atoms with Gasteiger partial charge >= 0.3 is 0 Å². The molecule has 2 heterocycles. The Kier molecular flexibility index (Phi) is 4.78. The van der Waals surface area contributed by atoms with Gasteiger partial charge in [-0.3, -0.25) is 4.79 Å². The van der Waals surface area contributed by atoms with Crippen LogP contribution in [-0.2, 0) is 23.0 Å². The Morgan fingerprint density at radius 1 is 1.24 bits per heavy atom. The van der Waals surface area contributed by atoms with Crippen LogP contribution in [-0.4, -0.2) is 32.8 Å². The SMILES string of the molecule is CNS(=O)(=O)c1cc(C(=O)N2CCc3cc(C)c(Br)cc3C2)c(C)o1. The van der Waals surface area contributed by atoms with Gasteiger partial charge in [-0.15, -0.1) is 0 Å². The molecule has 1 aliphatic rings. The van der Waals surface area contributed by atoms with Crippen LogP contribution in [0, 0.1) is 13.8 Å². The van der Waals surface area contributed by atoms with E-state index >= 15 is 0 Å². The van der Waals surface area contributed by atoms with Crippen molar-refractivity contribution in [2.24, 2.45) is 0 Å². The maximum Gasteiger partial charge on any atom is 0.273 e. The van der Waals surface area contributed by atoms with Crippen molar-refractivity contribution in [1.82, 2.24) is 9.62 Å². The Morgan fingerprint density at radius 2 is 1.96 bits per heavy atom. The zero-order chi connectivity index (χ0) is 18.4. The summed E-state index contributed by atoms with van der Waals surface area (Å²) in [7, 11) is -2.42. The number of carbonyl (C=O) groups excluding carboxylic acids is 1. The van der Waals surface area contributed by atoms with Gasteiger partial charge in [0, 0.05) is 23.6 Å². The highest BCUT2D eigenvalue weighted by molar-refractivity contribution is 9.10. The molecule has 0 atom stereocenters. The summed E-state index contributed by atoms with van der Waals surface area (Å²) < 4.78 is 32.2. The quantitative estimate of drug-likeness (QED) is 0.817. The second-order valence-corrected chi connectivity index (χ2v) is 8.76. The van der Waals surface area contributed by atoms with Crippen molar-refractivity contribution in [2.75, 3.05) is 13.6 Å². The van der Waals surface area contributed by atoms with Crippen molar-refractivity contribution in [3.8, 4) is 0 Å². The summed E-state index contributed by atoms with van der Waals surface area (Å²) in [5, 5.41) is -0.244. The van der Waals surface area contributed by atoms with Crippen molar-refractivity contribution >= 4 is 31.9 Å². The number of hydrogen-bond acceptors (Lipinski definition) is 4. The second kappa shape index (κ2) is 6.59. The maximum atomic E-state index is 12.8. The van der Waals surface area contributed by atoms with Gasteiger partial charge in [-0.2, -0.15) is 0 Å². The number of sulfonamides is 1. The molecule has 1 aromatic carbocycles. The number of nitrogens with one attached hydrogen (secondary N) is 1. The Hall–Kier alpha value is -1.64. The Balaban J connectivity index is 1.89. The summed E-state index contributed by atoms with van der Waals surface area (Å²) in [4.78, 5) is 14.6. The van der Waals surface area contributed by atoms with Crippen LogP contribution in [0.15, 0.2) is 32.2 Å². The van der Waals surface area contributed by atoms with Crippen LogP contribution in [0.25, 0.3) is 0 Å². The predicted octanol–water partition coefficient (Wildman–Crippen LogP) is 2.77. The summed E-state index contributed by atoms with van der Waals surface area (Å²) >= 11 is 3.53. The zero-order valence-corrected chi connectivity index (χ0v) is 16.6. The van der Waals surface area contributed by atoms with E-state index in [2.05, 4.69) is 26.7 Å². The predicted molar refractivity (Wildman–Crippen MR) is 97.0 cm³/mol. The highest BCUT2D eigenvalue weighted by Crippen LogP contribution is 2.28. The summed E-state index contributed by atoms with van der Waals surface area (Å²) in [6.45, 7) is 4.72. The smallest absolute Gasteiger partial charge is 0.273 e. The fraction of sp³-hybridized carbons (Fsp3) is 0.353. The minimum Gasteiger partial charge on any atom is -0.448 e. The fourth-order valence-electron chi connectivity index (χ4n) is 2.95. The molecule has 0 radical (unpaired) electrons. The van der Waals surface area contributed by atoms with Crippen molar-refractivity contribution in [3.63, 3.8) is 0 Å². The number of nitrogens with zero attached hydrogens (tertiary/aromatic N) is 1. The lowest BCUT2D eigenvalue weighted by atomic mass is 9.97. The summed E-state index contributed by atoms with van der Waals surface area (Å²) in [6, 6.07) is 5.48. The monoisotopic (exact) mass is 426 g/mol. The van der Waals surface area contributed by atoms with Crippen LogP contribution < -0.4 is 4.72 Å². The van der Waals surface area contributed by atoms with Gasteiger partial charge in [-0.25, -0.2) is 13.1 Å². The molecule has 1 N–H and O–H groups in total.